The lowest BCUT2D eigenvalue weighted by molar-refractivity contribution is -0.137. The zero-order chi connectivity index (χ0) is 19.5. The van der Waals surface area contributed by atoms with Gasteiger partial charge >= 0.3 is 0 Å². The maximum absolute atomic E-state index is 13.0. The topological polar surface area (TPSA) is 58.4 Å². The van der Waals surface area contributed by atoms with Crippen molar-refractivity contribution in [1.82, 2.24) is 14.7 Å². The van der Waals surface area contributed by atoms with E-state index in [-0.39, 0.29) is 17.4 Å². The molecule has 1 amide bonds. The second-order valence-electron chi connectivity index (χ2n) is 7.81. The van der Waals surface area contributed by atoms with E-state index in [0.717, 1.165) is 57.5 Å². The molecule has 3 heterocycles. The van der Waals surface area contributed by atoms with E-state index in [4.69, 9.17) is 0 Å². The standard InChI is InChI=1S/C22H28N4O2/c1-2-10-26-21(27)14-20(15-23-26)24-11-8-18(9-12-24)22(28)25-13-7-17-5-3-4-6-19(17)16-25/h3-6,14-15,18H,2,7-13,16H2,1H3. The van der Waals surface area contributed by atoms with Crippen molar-refractivity contribution in [3.63, 3.8) is 0 Å². The van der Waals surface area contributed by atoms with Gasteiger partial charge in [-0.25, -0.2) is 4.68 Å². The first kappa shape index (κ1) is 18.7. The van der Waals surface area contributed by atoms with Crippen molar-refractivity contribution in [1.29, 1.82) is 0 Å². The lowest BCUT2D eigenvalue weighted by Gasteiger charge is -2.36. The van der Waals surface area contributed by atoms with E-state index in [2.05, 4.69) is 28.2 Å². The summed E-state index contributed by atoms with van der Waals surface area (Å²) in [6, 6.07) is 10.1. The molecular formula is C22H28N4O2. The van der Waals surface area contributed by atoms with Gasteiger partial charge in [-0.05, 0) is 36.8 Å². The molecule has 1 aromatic carbocycles. The van der Waals surface area contributed by atoms with Crippen LogP contribution in [0, 0.1) is 5.92 Å². The molecule has 28 heavy (non-hydrogen) atoms. The third-order valence-corrected chi connectivity index (χ3v) is 5.94. The molecule has 0 N–H and O–H groups in total. The normalized spacial score (nSPS) is 17.5. The highest BCUT2D eigenvalue weighted by Crippen LogP contribution is 2.26. The number of piperidine rings is 1. The van der Waals surface area contributed by atoms with Crippen LogP contribution in [0.1, 0.15) is 37.3 Å². The van der Waals surface area contributed by atoms with Crippen LogP contribution >= 0.6 is 0 Å². The van der Waals surface area contributed by atoms with Crippen LogP contribution in [0.4, 0.5) is 5.69 Å². The maximum atomic E-state index is 13.0. The monoisotopic (exact) mass is 380 g/mol. The Bertz CT molecular complexity index is 899. The summed E-state index contributed by atoms with van der Waals surface area (Å²) in [5, 5.41) is 4.28. The van der Waals surface area contributed by atoms with Crippen LogP contribution in [-0.2, 0) is 24.3 Å². The van der Waals surface area contributed by atoms with E-state index < -0.39 is 0 Å². The third-order valence-electron chi connectivity index (χ3n) is 5.94. The SMILES string of the molecule is CCCn1ncc(N2CCC(C(=O)N3CCc4ccccc4C3)CC2)cc1=O. The predicted molar refractivity (Wildman–Crippen MR) is 109 cm³/mol. The molecule has 4 rings (SSSR count). The second kappa shape index (κ2) is 8.17. The van der Waals surface area contributed by atoms with E-state index in [9.17, 15) is 9.59 Å². The number of benzene rings is 1. The van der Waals surface area contributed by atoms with E-state index >= 15 is 0 Å². The van der Waals surface area contributed by atoms with Gasteiger partial charge in [-0.1, -0.05) is 31.2 Å². The van der Waals surface area contributed by atoms with E-state index in [1.54, 1.807) is 12.3 Å². The largest absolute Gasteiger partial charge is 0.370 e. The summed E-state index contributed by atoms with van der Waals surface area (Å²) in [6.45, 7) is 5.81. The van der Waals surface area contributed by atoms with Crippen molar-refractivity contribution in [2.24, 2.45) is 5.92 Å². The quantitative estimate of drug-likeness (QED) is 0.818. The molecule has 148 valence electrons. The van der Waals surface area contributed by atoms with Gasteiger partial charge in [0, 0.05) is 44.7 Å². The minimum Gasteiger partial charge on any atom is -0.370 e. The molecule has 0 unspecified atom stereocenters. The highest BCUT2D eigenvalue weighted by molar-refractivity contribution is 5.79. The molecular weight excluding hydrogens is 352 g/mol. The van der Waals surface area contributed by atoms with Gasteiger partial charge in [0.05, 0.1) is 11.9 Å². The summed E-state index contributed by atoms with van der Waals surface area (Å²) in [5.74, 6) is 0.362. The van der Waals surface area contributed by atoms with Gasteiger partial charge in [0.15, 0.2) is 0 Å². The summed E-state index contributed by atoms with van der Waals surface area (Å²) < 4.78 is 1.51. The Hall–Kier alpha value is -2.63. The number of aromatic nitrogens is 2. The molecule has 6 nitrogen and oxygen atoms in total. The predicted octanol–water partition coefficient (Wildman–Crippen LogP) is 2.45. The highest BCUT2D eigenvalue weighted by Gasteiger charge is 2.30. The highest BCUT2D eigenvalue weighted by atomic mass is 16.2. The molecule has 0 radical (unpaired) electrons. The van der Waals surface area contributed by atoms with Gasteiger partial charge in [-0.2, -0.15) is 5.10 Å². The lowest BCUT2D eigenvalue weighted by Crippen LogP contribution is -2.44. The molecule has 2 aromatic rings. The van der Waals surface area contributed by atoms with Crippen LogP contribution in [-0.4, -0.2) is 40.2 Å². The second-order valence-corrected chi connectivity index (χ2v) is 7.81. The van der Waals surface area contributed by atoms with E-state index in [0.29, 0.717) is 6.54 Å². The smallest absolute Gasteiger partial charge is 0.268 e. The lowest BCUT2D eigenvalue weighted by atomic mass is 9.93. The molecule has 0 atom stereocenters. The third kappa shape index (κ3) is 3.81. The molecule has 1 saturated heterocycles. The molecule has 0 saturated carbocycles. The molecule has 6 heteroatoms. The van der Waals surface area contributed by atoms with Crippen molar-refractivity contribution < 1.29 is 4.79 Å². The number of nitrogens with zero attached hydrogens (tertiary/aromatic N) is 4. The van der Waals surface area contributed by atoms with Crippen molar-refractivity contribution >= 4 is 11.6 Å². The van der Waals surface area contributed by atoms with Gasteiger partial charge < -0.3 is 9.80 Å². The number of fused-ring (bicyclic) bond motifs is 1. The fourth-order valence-corrected chi connectivity index (χ4v) is 4.30. The zero-order valence-electron chi connectivity index (χ0n) is 16.5. The molecule has 2 aliphatic heterocycles. The first-order chi connectivity index (χ1) is 13.7. The molecule has 0 aliphatic carbocycles. The van der Waals surface area contributed by atoms with Gasteiger partial charge in [-0.15, -0.1) is 0 Å². The minimum atomic E-state index is -0.0514. The Kier molecular flexibility index (Phi) is 5.46. The van der Waals surface area contributed by atoms with Crippen LogP contribution in [0.15, 0.2) is 41.3 Å². The number of hydrogen-bond donors (Lipinski definition) is 0. The Morgan fingerprint density at radius 3 is 2.61 bits per heavy atom. The van der Waals surface area contributed by atoms with E-state index in [1.807, 2.05) is 17.9 Å². The molecule has 1 fully saturated rings. The van der Waals surface area contributed by atoms with Gasteiger partial charge in [0.1, 0.15) is 0 Å². The van der Waals surface area contributed by atoms with Crippen LogP contribution in [0.25, 0.3) is 0 Å². The van der Waals surface area contributed by atoms with Crippen LogP contribution in [0.5, 0.6) is 0 Å². The molecule has 2 aliphatic rings. The molecule has 0 bridgehead atoms. The van der Waals surface area contributed by atoms with Crippen molar-refractivity contribution in [2.75, 3.05) is 24.5 Å². The Morgan fingerprint density at radius 2 is 1.89 bits per heavy atom. The van der Waals surface area contributed by atoms with Crippen molar-refractivity contribution in [3.05, 3.63) is 58.0 Å². The molecule has 1 aromatic heterocycles. The van der Waals surface area contributed by atoms with Crippen LogP contribution in [0.3, 0.4) is 0 Å². The van der Waals surface area contributed by atoms with E-state index in [1.165, 1.54) is 15.8 Å². The summed E-state index contributed by atoms with van der Waals surface area (Å²) in [7, 11) is 0. The summed E-state index contributed by atoms with van der Waals surface area (Å²) in [5.41, 5.74) is 3.46. The van der Waals surface area contributed by atoms with Gasteiger partial charge in [0.2, 0.25) is 5.91 Å². The first-order valence-corrected chi connectivity index (χ1v) is 10.3. The van der Waals surface area contributed by atoms with Crippen molar-refractivity contribution in [2.45, 2.75) is 45.7 Å². The zero-order valence-corrected chi connectivity index (χ0v) is 16.5. The first-order valence-electron chi connectivity index (χ1n) is 10.3. The minimum absolute atomic E-state index is 0.0514. The summed E-state index contributed by atoms with van der Waals surface area (Å²) in [4.78, 5) is 29.4. The van der Waals surface area contributed by atoms with Crippen molar-refractivity contribution in [3.8, 4) is 0 Å². The Balaban J connectivity index is 1.36. The molecule has 0 spiro atoms. The Labute approximate surface area is 165 Å². The maximum Gasteiger partial charge on any atom is 0.268 e. The number of rotatable bonds is 4. The number of carbonyl (C=O) groups excluding carboxylic acids is 1. The summed E-state index contributed by atoms with van der Waals surface area (Å²) in [6.07, 6.45) is 5.27. The van der Waals surface area contributed by atoms with Crippen LogP contribution < -0.4 is 10.5 Å². The Morgan fingerprint density at radius 1 is 1.14 bits per heavy atom. The fraction of sp³-hybridized carbons (Fsp3) is 0.500. The number of carbonyl (C=O) groups is 1. The fourth-order valence-electron chi connectivity index (χ4n) is 4.30. The number of hydrogen-bond acceptors (Lipinski definition) is 4. The van der Waals surface area contributed by atoms with Crippen LogP contribution in [0.2, 0.25) is 0 Å². The average Bonchev–Trinajstić information content (AvgIpc) is 2.74. The average molecular weight is 380 g/mol. The number of aryl methyl sites for hydroxylation is 1. The number of amides is 1. The number of anilines is 1. The summed E-state index contributed by atoms with van der Waals surface area (Å²) >= 11 is 0. The van der Waals surface area contributed by atoms with Gasteiger partial charge in [0.25, 0.3) is 5.56 Å². The van der Waals surface area contributed by atoms with Gasteiger partial charge in [-0.3, -0.25) is 9.59 Å².